The van der Waals surface area contributed by atoms with Crippen molar-refractivity contribution in [2.24, 2.45) is 0 Å². The number of nitro groups is 2. The van der Waals surface area contributed by atoms with Crippen LogP contribution in [0.25, 0.3) is 5.57 Å². The molecule has 0 aliphatic rings. The van der Waals surface area contributed by atoms with Crippen molar-refractivity contribution in [3.8, 4) is 0 Å². The van der Waals surface area contributed by atoms with E-state index in [9.17, 15) is 28.6 Å². The maximum atomic E-state index is 13.1. The Morgan fingerprint density at radius 2 is 1.48 bits per heavy atom. The summed E-state index contributed by atoms with van der Waals surface area (Å²) in [4.78, 5) is 21.9. The Kier molecular flexibility index (Phi) is 7.00. The van der Waals surface area contributed by atoms with Crippen molar-refractivity contribution >= 4 is 21.3 Å². The number of hydrogen-bond acceptors (Lipinski definition) is 6. The molecule has 0 amide bonds. The van der Waals surface area contributed by atoms with Gasteiger partial charge in [-0.1, -0.05) is 66.7 Å². The van der Waals surface area contributed by atoms with Crippen LogP contribution in [0, 0.1) is 27.2 Å². The first kappa shape index (κ1) is 23.8. The van der Waals surface area contributed by atoms with Gasteiger partial charge in [0.15, 0.2) is 0 Å². The quantitative estimate of drug-likeness (QED) is 0.369. The monoisotopic (exact) mass is 467 g/mol. The van der Waals surface area contributed by atoms with Gasteiger partial charge in [-0.3, -0.25) is 20.2 Å². The maximum Gasteiger partial charge on any atom is 0.269 e. The van der Waals surface area contributed by atoms with Gasteiger partial charge < -0.3 is 0 Å². The number of nitro benzene ring substituents is 1. The molecule has 3 aromatic carbocycles. The third-order valence-corrected chi connectivity index (χ3v) is 6.58. The Morgan fingerprint density at radius 3 is 2.00 bits per heavy atom. The summed E-state index contributed by atoms with van der Waals surface area (Å²) in [6.07, 6.45) is 0. The van der Waals surface area contributed by atoms with Crippen LogP contribution in [0.4, 0.5) is 5.69 Å². The zero-order valence-corrected chi connectivity index (χ0v) is 18.4. The number of non-ortho nitro benzene ring substituents is 1. The summed E-state index contributed by atoms with van der Waals surface area (Å²) in [5.41, 5.74) is 1.38. The molecule has 0 unspecified atom stereocenters. The molecule has 0 heterocycles. The summed E-state index contributed by atoms with van der Waals surface area (Å²) < 4.78 is 28.7. The molecule has 170 valence electrons. The number of nitrogens with zero attached hydrogens (tertiary/aromatic N) is 2. The van der Waals surface area contributed by atoms with Crippen molar-refractivity contribution in [2.45, 2.75) is 23.9 Å². The van der Waals surface area contributed by atoms with Gasteiger partial charge in [0.2, 0.25) is 10.0 Å². The van der Waals surface area contributed by atoms with Gasteiger partial charge in [0.25, 0.3) is 11.7 Å². The zero-order valence-electron chi connectivity index (χ0n) is 17.6. The molecule has 1 N–H and O–H groups in total. The van der Waals surface area contributed by atoms with Crippen LogP contribution in [-0.4, -0.2) is 24.3 Å². The van der Waals surface area contributed by atoms with Gasteiger partial charge >= 0.3 is 0 Å². The van der Waals surface area contributed by atoms with Crippen LogP contribution in [0.2, 0.25) is 0 Å². The summed E-state index contributed by atoms with van der Waals surface area (Å²) >= 11 is 0. The summed E-state index contributed by atoms with van der Waals surface area (Å²) in [5, 5.41) is 23.2. The lowest BCUT2D eigenvalue weighted by Crippen LogP contribution is -2.40. The van der Waals surface area contributed by atoms with E-state index < -0.39 is 32.0 Å². The standard InChI is InChI=1S/C23H21N3O6S/c1-16-8-14-21(15-9-16)33(31,32)24-22(19-10-12-20(13-11-19)25(27)28)23(26(29)30)17(2)18-6-4-3-5-7-18/h3-15,22-24H,2H2,1H3/t22-,23-/m1/s1. The van der Waals surface area contributed by atoms with Crippen LogP contribution in [0.3, 0.4) is 0 Å². The summed E-state index contributed by atoms with van der Waals surface area (Å²) in [5.74, 6) is 0. The highest BCUT2D eigenvalue weighted by Gasteiger charge is 2.39. The van der Waals surface area contributed by atoms with Crippen LogP contribution < -0.4 is 4.72 Å². The highest BCUT2D eigenvalue weighted by molar-refractivity contribution is 7.89. The smallest absolute Gasteiger partial charge is 0.264 e. The molecule has 0 fully saturated rings. The topological polar surface area (TPSA) is 132 Å². The third kappa shape index (κ3) is 5.48. The fourth-order valence-corrected chi connectivity index (χ4v) is 4.57. The molecule has 0 saturated heterocycles. The van der Waals surface area contributed by atoms with Crippen molar-refractivity contribution in [3.05, 3.63) is 122 Å². The molecule has 2 atom stereocenters. The number of hydrogen-bond donors (Lipinski definition) is 1. The van der Waals surface area contributed by atoms with E-state index in [1.54, 1.807) is 49.4 Å². The molecule has 0 aliphatic carbocycles. The molecule has 0 saturated carbocycles. The Balaban J connectivity index is 2.10. The van der Waals surface area contributed by atoms with Crippen LogP contribution >= 0.6 is 0 Å². The SMILES string of the molecule is C=C(c1ccccc1)[C@H]([C@H](NS(=O)(=O)c1ccc(C)cc1)c1ccc([N+](=O)[O-])cc1)[N+](=O)[O-]. The molecule has 0 bridgehead atoms. The van der Waals surface area contributed by atoms with Crippen molar-refractivity contribution in [2.75, 3.05) is 0 Å². The highest BCUT2D eigenvalue weighted by Crippen LogP contribution is 2.31. The fraction of sp³-hybridized carbons (Fsp3) is 0.130. The number of sulfonamides is 1. The van der Waals surface area contributed by atoms with Gasteiger partial charge in [-0.2, -0.15) is 4.72 Å². The summed E-state index contributed by atoms with van der Waals surface area (Å²) in [7, 11) is -4.17. The van der Waals surface area contributed by atoms with E-state index in [0.29, 0.717) is 5.56 Å². The summed E-state index contributed by atoms with van der Waals surface area (Å²) in [6.45, 7) is 5.67. The second-order valence-corrected chi connectivity index (χ2v) is 9.10. The van der Waals surface area contributed by atoms with Gasteiger partial charge in [-0.05, 0) is 30.2 Å². The third-order valence-electron chi connectivity index (χ3n) is 5.12. The predicted octanol–water partition coefficient (Wildman–Crippen LogP) is 4.28. The van der Waals surface area contributed by atoms with Crippen LogP contribution in [-0.2, 0) is 10.0 Å². The van der Waals surface area contributed by atoms with E-state index in [0.717, 1.165) is 5.56 Å². The normalized spacial score (nSPS) is 13.1. The van der Waals surface area contributed by atoms with Gasteiger partial charge in [-0.25, -0.2) is 8.42 Å². The number of nitrogens with one attached hydrogen (secondary N) is 1. The minimum atomic E-state index is -4.17. The molecule has 3 aromatic rings. The first-order valence-electron chi connectivity index (χ1n) is 9.81. The summed E-state index contributed by atoms with van der Waals surface area (Å²) in [6, 6.07) is 16.4. The van der Waals surface area contributed by atoms with Gasteiger partial charge in [0, 0.05) is 22.6 Å². The van der Waals surface area contributed by atoms with E-state index in [2.05, 4.69) is 11.3 Å². The van der Waals surface area contributed by atoms with E-state index in [-0.39, 0.29) is 21.7 Å². The lowest BCUT2D eigenvalue weighted by Gasteiger charge is -2.24. The first-order chi connectivity index (χ1) is 15.6. The first-order valence-corrected chi connectivity index (χ1v) is 11.3. The zero-order chi connectivity index (χ0) is 24.2. The minimum Gasteiger partial charge on any atom is -0.264 e. The Bertz CT molecular complexity index is 1270. The molecular weight excluding hydrogens is 446 g/mol. The molecule has 0 aliphatic heterocycles. The number of benzene rings is 3. The molecule has 0 spiro atoms. The van der Waals surface area contributed by atoms with Gasteiger partial charge in [0.05, 0.1) is 9.82 Å². The van der Waals surface area contributed by atoms with E-state index in [1.807, 2.05) is 0 Å². The van der Waals surface area contributed by atoms with Crippen molar-refractivity contribution < 1.29 is 18.3 Å². The molecule has 33 heavy (non-hydrogen) atoms. The Hall–Kier alpha value is -3.89. The Morgan fingerprint density at radius 1 is 0.909 bits per heavy atom. The Labute approximate surface area is 190 Å². The molecule has 9 nitrogen and oxygen atoms in total. The number of aryl methyl sites for hydroxylation is 1. The molecule has 10 heteroatoms. The highest BCUT2D eigenvalue weighted by atomic mass is 32.2. The van der Waals surface area contributed by atoms with Crippen molar-refractivity contribution in [1.29, 1.82) is 0 Å². The van der Waals surface area contributed by atoms with Crippen molar-refractivity contribution in [3.63, 3.8) is 0 Å². The molecular formula is C23H21N3O6S. The average molecular weight is 468 g/mol. The lowest BCUT2D eigenvalue weighted by molar-refractivity contribution is -0.510. The number of rotatable bonds is 9. The minimum absolute atomic E-state index is 0.0626. The van der Waals surface area contributed by atoms with Crippen LogP contribution in [0.5, 0.6) is 0 Å². The maximum absolute atomic E-state index is 13.1. The van der Waals surface area contributed by atoms with E-state index in [4.69, 9.17) is 0 Å². The second kappa shape index (κ2) is 9.72. The fourth-order valence-electron chi connectivity index (χ4n) is 3.34. The van der Waals surface area contributed by atoms with Gasteiger partial charge in [0.1, 0.15) is 6.04 Å². The lowest BCUT2D eigenvalue weighted by atomic mass is 9.91. The van der Waals surface area contributed by atoms with Crippen molar-refractivity contribution in [1.82, 2.24) is 4.72 Å². The van der Waals surface area contributed by atoms with E-state index >= 15 is 0 Å². The van der Waals surface area contributed by atoms with E-state index in [1.165, 1.54) is 36.4 Å². The molecule has 3 rings (SSSR count). The average Bonchev–Trinajstić information content (AvgIpc) is 2.79. The van der Waals surface area contributed by atoms with Crippen LogP contribution in [0.15, 0.2) is 90.3 Å². The second-order valence-electron chi connectivity index (χ2n) is 7.38. The van der Waals surface area contributed by atoms with Crippen LogP contribution in [0.1, 0.15) is 22.7 Å². The predicted molar refractivity (Wildman–Crippen MR) is 124 cm³/mol. The van der Waals surface area contributed by atoms with Gasteiger partial charge in [-0.15, -0.1) is 0 Å². The molecule has 0 radical (unpaired) electrons. The molecule has 0 aromatic heterocycles. The largest absolute Gasteiger partial charge is 0.269 e.